The molecule has 0 spiro atoms. The third-order valence-electron chi connectivity index (χ3n) is 2.98. The second-order valence-corrected chi connectivity index (χ2v) is 4.08. The number of aryl methyl sites for hydroxylation is 1. The predicted molar refractivity (Wildman–Crippen MR) is 69.5 cm³/mol. The first-order chi connectivity index (χ1) is 8.70. The van der Waals surface area contributed by atoms with Gasteiger partial charge in [-0.05, 0) is 13.0 Å². The van der Waals surface area contributed by atoms with Crippen LogP contribution in [0.1, 0.15) is 5.69 Å². The van der Waals surface area contributed by atoms with Gasteiger partial charge in [-0.2, -0.15) is 4.98 Å². The van der Waals surface area contributed by atoms with E-state index in [4.69, 9.17) is 14.9 Å². The lowest BCUT2D eigenvalue weighted by atomic mass is 10.1. The summed E-state index contributed by atoms with van der Waals surface area (Å²) in [6.45, 7) is 1.99. The number of nitrogen functional groups attached to an aromatic ring is 1. The number of oxazole rings is 1. The van der Waals surface area contributed by atoms with Crippen molar-refractivity contribution in [3.63, 3.8) is 0 Å². The maximum Gasteiger partial charge on any atom is 0.292 e. The topological polar surface area (TPSA) is 77.1 Å². The molecule has 5 nitrogen and oxygen atoms in total. The van der Waals surface area contributed by atoms with Gasteiger partial charge in [0, 0.05) is 16.6 Å². The lowest BCUT2D eigenvalue weighted by Gasteiger charge is -2.00. The van der Waals surface area contributed by atoms with Crippen molar-refractivity contribution >= 4 is 16.9 Å². The molecule has 0 aliphatic heterocycles. The van der Waals surface area contributed by atoms with Crippen molar-refractivity contribution < 1.29 is 9.15 Å². The number of aromatic amines is 1. The zero-order chi connectivity index (χ0) is 12.7. The number of fused-ring (bicyclic) bond motifs is 1. The Morgan fingerprint density at radius 2 is 2.22 bits per heavy atom. The average molecular weight is 243 g/mol. The second-order valence-electron chi connectivity index (χ2n) is 4.08. The highest BCUT2D eigenvalue weighted by Crippen LogP contribution is 2.35. The van der Waals surface area contributed by atoms with Gasteiger partial charge in [-0.1, -0.05) is 12.1 Å². The molecule has 3 rings (SSSR count). The molecule has 92 valence electrons. The van der Waals surface area contributed by atoms with Crippen LogP contribution in [0.15, 0.2) is 28.9 Å². The molecule has 0 saturated heterocycles. The fourth-order valence-electron chi connectivity index (χ4n) is 2.22. The van der Waals surface area contributed by atoms with E-state index in [0.29, 0.717) is 0 Å². The maximum atomic E-state index is 5.52. The van der Waals surface area contributed by atoms with E-state index in [1.807, 2.05) is 25.1 Å². The highest BCUT2D eigenvalue weighted by Gasteiger charge is 2.15. The second kappa shape index (κ2) is 3.80. The fourth-order valence-corrected chi connectivity index (χ4v) is 2.22. The lowest BCUT2D eigenvalue weighted by Crippen LogP contribution is -1.84. The molecule has 18 heavy (non-hydrogen) atoms. The minimum atomic E-state index is 0.168. The number of ether oxygens (including phenoxy) is 1. The van der Waals surface area contributed by atoms with Crippen molar-refractivity contribution in [3.8, 4) is 17.0 Å². The summed E-state index contributed by atoms with van der Waals surface area (Å²) in [5.74, 6) is 0.804. The molecule has 2 aromatic heterocycles. The largest absolute Gasteiger partial charge is 0.495 e. The van der Waals surface area contributed by atoms with Crippen molar-refractivity contribution in [2.75, 3.05) is 12.8 Å². The molecule has 0 amide bonds. The summed E-state index contributed by atoms with van der Waals surface area (Å²) in [4.78, 5) is 7.48. The van der Waals surface area contributed by atoms with E-state index in [2.05, 4.69) is 9.97 Å². The summed E-state index contributed by atoms with van der Waals surface area (Å²) in [5.41, 5.74) is 9.19. The van der Waals surface area contributed by atoms with Gasteiger partial charge in [0.15, 0.2) is 0 Å². The molecule has 0 atom stereocenters. The lowest BCUT2D eigenvalue weighted by molar-refractivity contribution is 0.419. The number of anilines is 1. The van der Waals surface area contributed by atoms with Crippen molar-refractivity contribution in [2.24, 2.45) is 0 Å². The summed E-state index contributed by atoms with van der Waals surface area (Å²) < 4.78 is 10.4. The molecule has 0 fully saturated rings. The van der Waals surface area contributed by atoms with Gasteiger partial charge in [0.2, 0.25) is 0 Å². The Hall–Kier alpha value is -2.43. The number of hydrogen-bond donors (Lipinski definition) is 2. The zero-order valence-electron chi connectivity index (χ0n) is 10.2. The van der Waals surface area contributed by atoms with Crippen LogP contribution in [0.25, 0.3) is 22.2 Å². The van der Waals surface area contributed by atoms with Crippen LogP contribution in [-0.2, 0) is 0 Å². The van der Waals surface area contributed by atoms with Crippen molar-refractivity contribution in [3.05, 3.63) is 30.2 Å². The number of nitrogens with one attached hydrogen (secondary N) is 1. The molecule has 0 saturated carbocycles. The van der Waals surface area contributed by atoms with Crippen LogP contribution in [0.2, 0.25) is 0 Å². The number of methoxy groups -OCH3 is 1. The Labute approximate surface area is 104 Å². The molecule has 0 radical (unpaired) electrons. The standard InChI is InChI=1S/C13H13N3O2/c1-7-11(9-6-18-13(14)16-9)8-4-3-5-10(17-2)12(8)15-7/h3-6,15H,1-2H3,(H2,14,16). The van der Waals surface area contributed by atoms with E-state index < -0.39 is 0 Å². The van der Waals surface area contributed by atoms with Gasteiger partial charge >= 0.3 is 0 Å². The zero-order valence-corrected chi connectivity index (χ0v) is 10.2. The molecule has 1 aromatic carbocycles. The first kappa shape index (κ1) is 10.7. The molecule has 0 aliphatic carbocycles. The third-order valence-corrected chi connectivity index (χ3v) is 2.98. The quantitative estimate of drug-likeness (QED) is 0.725. The number of hydrogen-bond acceptors (Lipinski definition) is 4. The number of benzene rings is 1. The number of nitrogens with zero attached hydrogens (tertiary/aromatic N) is 1. The van der Waals surface area contributed by atoms with Crippen molar-refractivity contribution in [2.45, 2.75) is 6.92 Å². The number of H-pyrrole nitrogens is 1. The van der Waals surface area contributed by atoms with Gasteiger partial charge in [0.05, 0.1) is 12.6 Å². The van der Waals surface area contributed by atoms with Gasteiger partial charge in [-0.25, -0.2) is 0 Å². The number of aromatic nitrogens is 2. The number of para-hydroxylation sites is 1. The summed E-state index contributed by atoms with van der Waals surface area (Å²) >= 11 is 0. The van der Waals surface area contributed by atoms with Gasteiger partial charge in [0.25, 0.3) is 6.01 Å². The van der Waals surface area contributed by atoms with Crippen LogP contribution in [0.4, 0.5) is 6.01 Å². The van der Waals surface area contributed by atoms with E-state index in [-0.39, 0.29) is 6.01 Å². The Morgan fingerprint density at radius 3 is 2.89 bits per heavy atom. The van der Waals surface area contributed by atoms with Gasteiger partial charge in [-0.15, -0.1) is 0 Å². The van der Waals surface area contributed by atoms with E-state index in [0.717, 1.165) is 33.6 Å². The van der Waals surface area contributed by atoms with Crippen molar-refractivity contribution in [1.29, 1.82) is 0 Å². The Morgan fingerprint density at radius 1 is 1.39 bits per heavy atom. The predicted octanol–water partition coefficient (Wildman–Crippen LogP) is 2.72. The molecule has 3 aromatic rings. The van der Waals surface area contributed by atoms with Gasteiger partial charge in [0.1, 0.15) is 17.7 Å². The Kier molecular flexibility index (Phi) is 2.26. The average Bonchev–Trinajstić information content (AvgIpc) is 2.91. The van der Waals surface area contributed by atoms with E-state index in [9.17, 15) is 0 Å². The molecular formula is C13H13N3O2. The summed E-state index contributed by atoms with van der Waals surface area (Å²) in [7, 11) is 1.65. The van der Waals surface area contributed by atoms with Crippen LogP contribution < -0.4 is 10.5 Å². The summed E-state index contributed by atoms with van der Waals surface area (Å²) in [6.07, 6.45) is 1.56. The van der Waals surface area contributed by atoms with Crippen LogP contribution in [-0.4, -0.2) is 17.1 Å². The van der Waals surface area contributed by atoms with E-state index >= 15 is 0 Å². The Balaban J connectivity index is 2.33. The monoisotopic (exact) mass is 243 g/mol. The molecule has 5 heteroatoms. The highest BCUT2D eigenvalue weighted by molar-refractivity contribution is 5.99. The number of rotatable bonds is 2. The summed E-state index contributed by atoms with van der Waals surface area (Å²) in [5, 5.41) is 1.04. The van der Waals surface area contributed by atoms with Gasteiger partial charge in [-0.3, -0.25) is 0 Å². The van der Waals surface area contributed by atoms with Crippen molar-refractivity contribution in [1.82, 2.24) is 9.97 Å². The first-order valence-electron chi connectivity index (χ1n) is 5.57. The minimum absolute atomic E-state index is 0.168. The summed E-state index contributed by atoms with van der Waals surface area (Å²) in [6, 6.07) is 6.05. The normalized spacial score (nSPS) is 11.0. The Bertz CT molecular complexity index is 712. The van der Waals surface area contributed by atoms with E-state index in [1.54, 1.807) is 13.4 Å². The van der Waals surface area contributed by atoms with E-state index in [1.165, 1.54) is 0 Å². The van der Waals surface area contributed by atoms with Crippen LogP contribution in [0.3, 0.4) is 0 Å². The third kappa shape index (κ3) is 1.44. The molecule has 0 aliphatic rings. The van der Waals surface area contributed by atoms with Crippen LogP contribution in [0.5, 0.6) is 5.75 Å². The molecule has 0 unspecified atom stereocenters. The molecule has 0 bridgehead atoms. The maximum absolute atomic E-state index is 5.52. The number of nitrogens with two attached hydrogens (primary N) is 1. The highest BCUT2D eigenvalue weighted by atomic mass is 16.5. The SMILES string of the molecule is COc1cccc2c(-c3coc(N)n3)c(C)[nH]c12. The van der Waals surface area contributed by atoms with Crippen LogP contribution >= 0.6 is 0 Å². The van der Waals surface area contributed by atoms with Gasteiger partial charge < -0.3 is 19.9 Å². The first-order valence-corrected chi connectivity index (χ1v) is 5.57. The molecule has 2 heterocycles. The van der Waals surface area contributed by atoms with Crippen LogP contribution in [0, 0.1) is 6.92 Å². The minimum Gasteiger partial charge on any atom is -0.495 e. The smallest absolute Gasteiger partial charge is 0.292 e. The molecule has 3 N–H and O–H groups in total. The fraction of sp³-hybridized carbons (Fsp3) is 0.154. The molecular weight excluding hydrogens is 230 g/mol.